The van der Waals surface area contributed by atoms with E-state index in [2.05, 4.69) is 48.1 Å². The van der Waals surface area contributed by atoms with Crippen LogP contribution in [0.2, 0.25) is 0 Å². The highest BCUT2D eigenvalue weighted by atomic mass is 16.4. The van der Waals surface area contributed by atoms with Gasteiger partial charge in [-0.2, -0.15) is 5.10 Å². The zero-order valence-electron chi connectivity index (χ0n) is 18.3. The number of aliphatic carboxylic acids is 2. The van der Waals surface area contributed by atoms with Crippen molar-refractivity contribution in [1.29, 1.82) is 0 Å². The summed E-state index contributed by atoms with van der Waals surface area (Å²) in [5.74, 6) is -1.94. The molecule has 1 aromatic carbocycles. The van der Waals surface area contributed by atoms with Crippen molar-refractivity contribution >= 4 is 22.8 Å². The highest BCUT2D eigenvalue weighted by Crippen LogP contribution is 2.42. The first kappa shape index (κ1) is 21.9. The summed E-state index contributed by atoms with van der Waals surface area (Å²) in [4.78, 5) is 20.7. The molecule has 2 unspecified atom stereocenters. The number of piperidine rings is 1. The zero-order valence-corrected chi connectivity index (χ0v) is 18.3. The van der Waals surface area contributed by atoms with Crippen molar-refractivity contribution in [2.24, 2.45) is 0 Å². The lowest BCUT2D eigenvalue weighted by Gasteiger charge is -2.34. The molecule has 0 spiro atoms. The Labute approximate surface area is 184 Å². The minimum Gasteiger partial charge on any atom is -0.473 e. The zero-order chi connectivity index (χ0) is 23.0. The molecule has 4 heterocycles. The van der Waals surface area contributed by atoms with Crippen LogP contribution in [0.15, 0.2) is 28.7 Å². The average Bonchev–Trinajstić information content (AvgIpc) is 3.42. The topological polar surface area (TPSA) is 135 Å². The molecular formula is C22H27N5O5. The average molecular weight is 441 g/mol. The van der Waals surface area contributed by atoms with Gasteiger partial charge in [0.05, 0.1) is 5.52 Å². The Morgan fingerprint density at radius 3 is 2.28 bits per heavy atom. The van der Waals surface area contributed by atoms with E-state index in [1.807, 2.05) is 16.8 Å². The highest BCUT2D eigenvalue weighted by Gasteiger charge is 2.40. The molecule has 3 aromatic rings. The first-order valence-corrected chi connectivity index (χ1v) is 10.8. The number of rotatable bonds is 3. The molecule has 2 fully saturated rings. The molecule has 0 amide bonds. The number of carbonyl (C=O) groups is 2. The largest absolute Gasteiger partial charge is 0.473 e. The summed E-state index contributed by atoms with van der Waals surface area (Å²) in [5, 5.41) is 29.4. The number of hydrogen-bond acceptors (Lipinski definition) is 7. The van der Waals surface area contributed by atoms with E-state index in [9.17, 15) is 0 Å². The standard InChI is InChI=1S/C20H25N5O.C2H2O4/c1-12(2)25-17-7-5-4-6-16(17)18(23-25)20-22-21-19(26-20)13-10-14-8-9-15(11-13)24(14)3;3-1(4)2(5)6/h4-7,12-15H,8-11H2,1-3H3;(H,3,4)(H,5,6). The van der Waals surface area contributed by atoms with Gasteiger partial charge in [0.25, 0.3) is 5.89 Å². The van der Waals surface area contributed by atoms with E-state index in [1.165, 1.54) is 12.8 Å². The van der Waals surface area contributed by atoms with Crippen molar-refractivity contribution in [2.45, 2.75) is 63.6 Å². The molecule has 2 N–H and O–H groups in total. The van der Waals surface area contributed by atoms with Crippen LogP contribution in [0.1, 0.15) is 57.4 Å². The fourth-order valence-corrected chi connectivity index (χ4v) is 4.75. The van der Waals surface area contributed by atoms with Crippen LogP contribution in [-0.2, 0) is 9.59 Å². The van der Waals surface area contributed by atoms with Crippen molar-refractivity contribution in [3.63, 3.8) is 0 Å². The summed E-state index contributed by atoms with van der Waals surface area (Å²) in [5.41, 5.74) is 1.90. The van der Waals surface area contributed by atoms with Crippen LogP contribution in [0.5, 0.6) is 0 Å². The molecule has 170 valence electrons. The van der Waals surface area contributed by atoms with Gasteiger partial charge in [-0.1, -0.05) is 18.2 Å². The van der Waals surface area contributed by atoms with Crippen LogP contribution in [0.4, 0.5) is 0 Å². The second-order valence-corrected chi connectivity index (χ2v) is 8.68. The smallest absolute Gasteiger partial charge is 0.414 e. The number of nitrogens with zero attached hydrogens (tertiary/aromatic N) is 5. The fourth-order valence-electron chi connectivity index (χ4n) is 4.75. The van der Waals surface area contributed by atoms with Crippen LogP contribution in [0.3, 0.4) is 0 Å². The summed E-state index contributed by atoms with van der Waals surface area (Å²) in [7, 11) is 2.25. The van der Waals surface area contributed by atoms with Crippen LogP contribution >= 0.6 is 0 Å². The van der Waals surface area contributed by atoms with Gasteiger partial charge in [-0.3, -0.25) is 4.68 Å². The predicted octanol–water partition coefficient (Wildman–Crippen LogP) is 3.16. The Balaban J connectivity index is 0.000000363. The number of hydrogen-bond donors (Lipinski definition) is 2. The van der Waals surface area contributed by atoms with Gasteiger partial charge in [0.2, 0.25) is 5.89 Å². The first-order chi connectivity index (χ1) is 15.3. The van der Waals surface area contributed by atoms with E-state index in [0.717, 1.165) is 35.3 Å². The Hall–Kier alpha value is -3.27. The van der Waals surface area contributed by atoms with Crippen molar-refractivity contribution in [3.05, 3.63) is 30.2 Å². The molecule has 2 aliphatic heterocycles. The number of fused-ring (bicyclic) bond motifs is 3. The quantitative estimate of drug-likeness (QED) is 0.588. The lowest BCUT2D eigenvalue weighted by atomic mass is 9.91. The number of carboxylic acid groups (broad SMARTS) is 2. The van der Waals surface area contributed by atoms with Gasteiger partial charge >= 0.3 is 11.9 Å². The summed E-state index contributed by atoms with van der Waals surface area (Å²) in [6.45, 7) is 4.27. The molecule has 2 atom stereocenters. The van der Waals surface area contributed by atoms with E-state index < -0.39 is 11.9 Å². The Bertz CT molecular complexity index is 1110. The van der Waals surface area contributed by atoms with Gasteiger partial charge in [0, 0.05) is 29.4 Å². The number of aromatic nitrogens is 4. The highest BCUT2D eigenvalue weighted by molar-refractivity contribution is 6.27. The van der Waals surface area contributed by atoms with Gasteiger partial charge in [0.1, 0.15) is 0 Å². The van der Waals surface area contributed by atoms with E-state index in [4.69, 9.17) is 29.3 Å². The molecule has 2 aliphatic rings. The van der Waals surface area contributed by atoms with Crippen molar-refractivity contribution in [1.82, 2.24) is 24.9 Å². The second-order valence-electron chi connectivity index (χ2n) is 8.68. The van der Waals surface area contributed by atoms with Crippen LogP contribution in [0, 0.1) is 0 Å². The Morgan fingerprint density at radius 1 is 1.06 bits per heavy atom. The van der Waals surface area contributed by atoms with Crippen molar-refractivity contribution in [2.75, 3.05) is 7.05 Å². The predicted molar refractivity (Wildman–Crippen MR) is 115 cm³/mol. The first-order valence-electron chi connectivity index (χ1n) is 10.8. The third kappa shape index (κ3) is 4.10. The molecule has 32 heavy (non-hydrogen) atoms. The van der Waals surface area contributed by atoms with Gasteiger partial charge in [0.15, 0.2) is 5.69 Å². The molecule has 5 rings (SSSR count). The van der Waals surface area contributed by atoms with Crippen LogP contribution in [0.25, 0.3) is 22.5 Å². The van der Waals surface area contributed by atoms with Gasteiger partial charge in [-0.05, 0) is 52.6 Å². The maximum absolute atomic E-state index is 9.10. The normalized spacial score (nSPS) is 22.7. The van der Waals surface area contributed by atoms with Gasteiger partial charge in [-0.25, -0.2) is 9.59 Å². The van der Waals surface area contributed by atoms with Crippen LogP contribution < -0.4 is 0 Å². The number of benzene rings is 1. The second kappa shape index (κ2) is 8.70. The summed E-state index contributed by atoms with van der Waals surface area (Å²) >= 11 is 0. The molecule has 0 aliphatic carbocycles. The maximum atomic E-state index is 9.10. The van der Waals surface area contributed by atoms with E-state index in [0.29, 0.717) is 23.9 Å². The minimum atomic E-state index is -1.82. The molecule has 0 radical (unpaired) electrons. The summed E-state index contributed by atoms with van der Waals surface area (Å²) in [6.07, 6.45) is 4.83. The molecule has 10 nitrogen and oxygen atoms in total. The summed E-state index contributed by atoms with van der Waals surface area (Å²) < 4.78 is 8.19. The van der Waals surface area contributed by atoms with Gasteiger partial charge in [-0.15, -0.1) is 10.2 Å². The molecule has 2 bridgehead atoms. The third-order valence-electron chi connectivity index (χ3n) is 6.38. The third-order valence-corrected chi connectivity index (χ3v) is 6.38. The lowest BCUT2D eigenvalue weighted by Crippen LogP contribution is -2.39. The van der Waals surface area contributed by atoms with Gasteiger partial charge < -0.3 is 19.5 Å². The van der Waals surface area contributed by atoms with Crippen molar-refractivity contribution in [3.8, 4) is 11.6 Å². The molecule has 2 aromatic heterocycles. The number of para-hydroxylation sites is 1. The van der Waals surface area contributed by atoms with E-state index in [-0.39, 0.29) is 6.04 Å². The summed E-state index contributed by atoms with van der Waals surface area (Å²) in [6, 6.07) is 9.85. The molecular weight excluding hydrogens is 414 g/mol. The monoisotopic (exact) mass is 441 g/mol. The Kier molecular flexibility index (Phi) is 5.96. The molecule has 2 saturated heterocycles. The minimum absolute atomic E-state index is 0.278. The SMILES string of the molecule is CC(C)n1nc(-c2nnc(C3CC4CCC(C3)N4C)o2)c2ccccc21.O=C(O)C(=O)O. The van der Waals surface area contributed by atoms with Crippen molar-refractivity contribution < 1.29 is 24.2 Å². The van der Waals surface area contributed by atoms with E-state index >= 15 is 0 Å². The van der Waals surface area contributed by atoms with E-state index in [1.54, 1.807) is 0 Å². The molecule has 10 heteroatoms. The Morgan fingerprint density at radius 2 is 1.69 bits per heavy atom. The number of carboxylic acids is 2. The maximum Gasteiger partial charge on any atom is 0.414 e. The van der Waals surface area contributed by atoms with Crippen LogP contribution in [-0.4, -0.2) is 66.2 Å². The lowest BCUT2D eigenvalue weighted by molar-refractivity contribution is -0.159. The fraction of sp³-hybridized carbons (Fsp3) is 0.500. The molecule has 0 saturated carbocycles.